The molecule has 5 N–H and O–H groups in total. The van der Waals surface area contributed by atoms with Crippen LogP contribution < -0.4 is 0 Å². The maximum absolute atomic E-state index is 9.75. The molecule has 0 radical (unpaired) electrons. The van der Waals surface area contributed by atoms with Crippen LogP contribution in [0, 0.1) is 0 Å². The second kappa shape index (κ2) is 51.7. The zero-order valence-electron chi connectivity index (χ0n) is 23.3. The molecular weight excluding hydrogens is 599 g/mol. The van der Waals surface area contributed by atoms with Crippen LogP contribution in [0.15, 0.2) is 122 Å². The second-order valence-electron chi connectivity index (χ2n) is 6.12. The molecule has 0 bridgehead atoms. The van der Waals surface area contributed by atoms with Crippen molar-refractivity contribution in [2.45, 2.75) is 34.6 Å². The number of hydrogen-bond acceptors (Lipinski definition) is 5. The third-order valence-corrected chi connectivity index (χ3v) is 2.71. The Bertz CT molecular complexity index is 810. The maximum atomic E-state index is 9.75. The second-order valence-corrected chi connectivity index (χ2v) is 6.12. The molecule has 0 saturated heterocycles. The Morgan fingerprint density at radius 2 is 0.429 bits per heavy atom. The quantitative estimate of drug-likeness (QED) is 0.127. The van der Waals surface area contributed by atoms with Crippen LogP contribution in [-0.4, -0.2) is 158 Å². The SMILES string of the molecule is CC=CC=CC(=O)O.CC=CC=CC(=O)O.CC=CC=CC(=O)O.CC=CC=CC(=O)O.CC=CC=CC(=O)O.[KH].[KH]. The van der Waals surface area contributed by atoms with Crippen molar-refractivity contribution < 1.29 is 49.5 Å². The van der Waals surface area contributed by atoms with Crippen molar-refractivity contribution in [3.05, 3.63) is 122 Å². The van der Waals surface area contributed by atoms with Gasteiger partial charge in [-0.05, 0) is 34.6 Å². The van der Waals surface area contributed by atoms with Crippen LogP contribution in [-0.2, 0) is 24.0 Å². The minimum atomic E-state index is -0.914. The van der Waals surface area contributed by atoms with E-state index >= 15 is 0 Å². The molecule has 0 aromatic rings. The van der Waals surface area contributed by atoms with E-state index in [9.17, 15) is 24.0 Å². The Kier molecular flexibility index (Phi) is 68.8. The fourth-order valence-electron chi connectivity index (χ4n) is 1.24. The summed E-state index contributed by atoms with van der Waals surface area (Å²) in [6, 6.07) is 0. The molecule has 0 heterocycles. The fraction of sp³-hybridized carbons (Fsp3) is 0.167. The van der Waals surface area contributed by atoms with E-state index in [4.69, 9.17) is 25.5 Å². The Morgan fingerprint density at radius 1 is 0.310 bits per heavy atom. The summed E-state index contributed by atoms with van der Waals surface area (Å²) < 4.78 is 0. The fourth-order valence-corrected chi connectivity index (χ4v) is 1.24. The summed E-state index contributed by atoms with van der Waals surface area (Å²) in [5, 5.41) is 40.1. The molecule has 42 heavy (non-hydrogen) atoms. The average molecular weight is 641 g/mol. The van der Waals surface area contributed by atoms with Gasteiger partial charge in [-0.25, -0.2) is 24.0 Å². The molecule has 12 heteroatoms. The normalized spacial score (nSPS) is 10.6. The number of allylic oxidation sites excluding steroid dienone is 15. The van der Waals surface area contributed by atoms with E-state index in [1.165, 1.54) is 30.4 Å². The molecule has 0 saturated carbocycles. The van der Waals surface area contributed by atoms with Gasteiger partial charge in [-0.1, -0.05) is 91.1 Å². The number of hydrogen-bond donors (Lipinski definition) is 5. The van der Waals surface area contributed by atoms with Crippen LogP contribution in [0.1, 0.15) is 34.6 Å². The van der Waals surface area contributed by atoms with Gasteiger partial charge < -0.3 is 25.5 Å². The van der Waals surface area contributed by atoms with Crippen LogP contribution in [0.25, 0.3) is 0 Å². The summed E-state index contributed by atoms with van der Waals surface area (Å²) in [4.78, 5) is 48.8. The van der Waals surface area contributed by atoms with Gasteiger partial charge in [0.2, 0.25) is 0 Å². The Hall–Kier alpha value is -1.98. The third-order valence-electron chi connectivity index (χ3n) is 2.71. The molecule has 0 atom stereocenters. The van der Waals surface area contributed by atoms with Crippen LogP contribution in [0.2, 0.25) is 0 Å². The average Bonchev–Trinajstić information content (AvgIpc) is 2.86. The van der Waals surface area contributed by atoms with Gasteiger partial charge in [-0.15, -0.1) is 0 Å². The molecule has 0 aliphatic rings. The predicted octanol–water partition coefficient (Wildman–Crippen LogP) is 4.72. The predicted molar refractivity (Wildman–Crippen MR) is 172 cm³/mol. The van der Waals surface area contributed by atoms with E-state index in [-0.39, 0.29) is 103 Å². The number of rotatable bonds is 10. The molecule has 0 aliphatic carbocycles. The number of carboxylic acids is 5. The summed E-state index contributed by atoms with van der Waals surface area (Å²) in [7, 11) is 0. The van der Waals surface area contributed by atoms with Gasteiger partial charge in [0.25, 0.3) is 0 Å². The van der Waals surface area contributed by atoms with Gasteiger partial charge in [-0.2, -0.15) is 0 Å². The first kappa shape index (κ1) is 55.9. The first-order valence-corrected chi connectivity index (χ1v) is 11.5. The van der Waals surface area contributed by atoms with Crippen molar-refractivity contribution in [3.63, 3.8) is 0 Å². The van der Waals surface area contributed by atoms with Gasteiger partial charge in [0.05, 0.1) is 0 Å². The zero-order valence-corrected chi connectivity index (χ0v) is 23.3. The molecule has 0 aromatic heterocycles. The van der Waals surface area contributed by atoms with Gasteiger partial charge in [-0.3, -0.25) is 0 Å². The van der Waals surface area contributed by atoms with Crippen molar-refractivity contribution in [2.24, 2.45) is 0 Å². The van der Waals surface area contributed by atoms with Crippen molar-refractivity contribution in [3.8, 4) is 0 Å². The molecule has 0 unspecified atom stereocenters. The summed E-state index contributed by atoms with van der Waals surface area (Å²) in [5.74, 6) is -4.57. The molecule has 224 valence electrons. The van der Waals surface area contributed by atoms with Crippen molar-refractivity contribution >= 4 is 133 Å². The molecule has 0 spiro atoms. The number of carbonyl (C=O) groups is 5. The summed E-state index contributed by atoms with van der Waals surface area (Å²) in [6.45, 7) is 9.13. The monoisotopic (exact) mass is 640 g/mol. The van der Waals surface area contributed by atoms with E-state index in [1.807, 2.05) is 34.6 Å². The standard InChI is InChI=1S/5C6H8O2.2K.2H/c5*1-2-3-4-5-6(7)8;;;;/h5*2-5H,1H3,(H,7,8);;;;. The zero-order chi connectivity index (χ0) is 32.0. The first-order chi connectivity index (χ1) is 18.9. The number of carboxylic acid groups (broad SMARTS) is 5. The molecule has 0 aromatic carbocycles. The molecule has 0 amide bonds. The summed E-state index contributed by atoms with van der Waals surface area (Å²) in [5.41, 5.74) is 0. The van der Waals surface area contributed by atoms with E-state index in [2.05, 4.69) is 0 Å². The van der Waals surface area contributed by atoms with E-state index in [0.29, 0.717) is 0 Å². The molecule has 0 fully saturated rings. The van der Waals surface area contributed by atoms with Gasteiger partial charge >= 0.3 is 133 Å². The van der Waals surface area contributed by atoms with Gasteiger partial charge in [0, 0.05) is 30.4 Å². The van der Waals surface area contributed by atoms with Crippen LogP contribution >= 0.6 is 0 Å². The Balaban J connectivity index is -0.0000000721. The van der Waals surface area contributed by atoms with Gasteiger partial charge in [0.1, 0.15) is 0 Å². The molecule has 0 rings (SSSR count). The Labute approximate surface area is 333 Å². The van der Waals surface area contributed by atoms with Crippen molar-refractivity contribution in [1.82, 2.24) is 0 Å². The third kappa shape index (κ3) is 98.3. The first-order valence-electron chi connectivity index (χ1n) is 11.5. The van der Waals surface area contributed by atoms with E-state index in [0.717, 1.165) is 30.4 Å². The van der Waals surface area contributed by atoms with Crippen molar-refractivity contribution in [1.29, 1.82) is 0 Å². The topological polar surface area (TPSA) is 186 Å². The van der Waals surface area contributed by atoms with Gasteiger partial charge in [0.15, 0.2) is 0 Å². The summed E-state index contributed by atoms with van der Waals surface area (Å²) >= 11 is 0. The summed E-state index contributed by atoms with van der Waals surface area (Å²) in [6.07, 6.45) is 29.9. The van der Waals surface area contributed by atoms with Crippen molar-refractivity contribution in [2.75, 3.05) is 0 Å². The van der Waals surface area contributed by atoms with Crippen LogP contribution in [0.4, 0.5) is 0 Å². The van der Waals surface area contributed by atoms with Crippen LogP contribution in [0.5, 0.6) is 0 Å². The molecular formula is C30H42K2O10. The molecule has 0 aliphatic heterocycles. The van der Waals surface area contributed by atoms with Crippen LogP contribution in [0.3, 0.4) is 0 Å². The minimum absolute atomic E-state index is 0. The van der Waals surface area contributed by atoms with E-state index in [1.54, 1.807) is 60.8 Å². The van der Waals surface area contributed by atoms with E-state index < -0.39 is 29.8 Å². The Morgan fingerprint density at radius 3 is 0.500 bits per heavy atom. The molecule has 10 nitrogen and oxygen atoms in total. The number of aliphatic carboxylic acids is 5.